The molecule has 1 N–H and O–H groups in total. The molecular formula is C14H19ClN4OS. The number of ether oxygens (including phenoxy) is 1. The van der Waals surface area contributed by atoms with Gasteiger partial charge in [-0.1, -0.05) is 11.6 Å². The standard InChI is InChI=1S/C14H19ClN4OS/c1-4-16-12-7-14(18-13(17-12)9-20-3)19(2)8-10-5-6-11(15)21-10/h5-7H,4,8-9H2,1-3H3,(H,16,17,18). The topological polar surface area (TPSA) is 50.3 Å². The highest BCUT2D eigenvalue weighted by atomic mass is 35.5. The molecule has 0 aromatic carbocycles. The summed E-state index contributed by atoms with van der Waals surface area (Å²) >= 11 is 7.55. The summed E-state index contributed by atoms with van der Waals surface area (Å²) in [6.07, 6.45) is 0. The number of nitrogens with one attached hydrogen (secondary N) is 1. The van der Waals surface area contributed by atoms with Gasteiger partial charge in [-0.15, -0.1) is 11.3 Å². The molecule has 0 saturated heterocycles. The molecule has 0 spiro atoms. The zero-order chi connectivity index (χ0) is 15.2. The van der Waals surface area contributed by atoms with Crippen LogP contribution in [0.15, 0.2) is 18.2 Å². The Bertz CT molecular complexity index is 566. The smallest absolute Gasteiger partial charge is 0.158 e. The maximum absolute atomic E-state index is 5.97. The molecule has 2 rings (SSSR count). The second-order valence-electron chi connectivity index (χ2n) is 4.55. The maximum atomic E-state index is 5.97. The minimum Gasteiger partial charge on any atom is -0.377 e. The Labute approximate surface area is 133 Å². The highest BCUT2D eigenvalue weighted by Gasteiger charge is 2.10. The minimum atomic E-state index is 0.394. The van der Waals surface area contributed by atoms with Crippen LogP contribution in [-0.2, 0) is 17.9 Å². The first-order valence-corrected chi connectivity index (χ1v) is 7.88. The van der Waals surface area contributed by atoms with Crippen LogP contribution >= 0.6 is 22.9 Å². The summed E-state index contributed by atoms with van der Waals surface area (Å²) in [5, 5.41) is 3.22. The summed E-state index contributed by atoms with van der Waals surface area (Å²) in [5.74, 6) is 2.34. The molecule has 5 nitrogen and oxygen atoms in total. The normalized spacial score (nSPS) is 10.7. The fourth-order valence-electron chi connectivity index (χ4n) is 1.90. The number of hydrogen-bond donors (Lipinski definition) is 1. The van der Waals surface area contributed by atoms with Gasteiger partial charge >= 0.3 is 0 Å². The molecule has 0 aliphatic rings. The number of hydrogen-bond acceptors (Lipinski definition) is 6. The van der Waals surface area contributed by atoms with Crippen LogP contribution in [0.4, 0.5) is 11.6 Å². The third-order valence-corrected chi connectivity index (χ3v) is 4.02. The van der Waals surface area contributed by atoms with Gasteiger partial charge in [0.15, 0.2) is 5.82 Å². The molecule has 0 bridgehead atoms. The molecule has 2 heterocycles. The van der Waals surface area contributed by atoms with Gasteiger partial charge in [0.2, 0.25) is 0 Å². The van der Waals surface area contributed by atoms with Crippen molar-refractivity contribution in [2.45, 2.75) is 20.1 Å². The quantitative estimate of drug-likeness (QED) is 0.845. The van der Waals surface area contributed by atoms with E-state index in [1.165, 1.54) is 4.88 Å². The summed E-state index contributed by atoms with van der Waals surface area (Å²) in [5.41, 5.74) is 0. The lowest BCUT2D eigenvalue weighted by atomic mass is 10.4. The third-order valence-electron chi connectivity index (χ3n) is 2.80. The van der Waals surface area contributed by atoms with Crippen LogP contribution in [0.3, 0.4) is 0 Å². The Morgan fingerprint density at radius 1 is 1.38 bits per heavy atom. The van der Waals surface area contributed by atoms with Crippen molar-refractivity contribution in [1.82, 2.24) is 9.97 Å². The van der Waals surface area contributed by atoms with Crippen LogP contribution in [0, 0.1) is 0 Å². The lowest BCUT2D eigenvalue weighted by Gasteiger charge is -2.19. The van der Waals surface area contributed by atoms with Crippen molar-refractivity contribution in [2.75, 3.05) is 30.9 Å². The monoisotopic (exact) mass is 326 g/mol. The van der Waals surface area contributed by atoms with Gasteiger partial charge < -0.3 is 15.0 Å². The molecule has 0 radical (unpaired) electrons. The Balaban J connectivity index is 2.19. The number of methoxy groups -OCH3 is 1. The average molecular weight is 327 g/mol. The van der Waals surface area contributed by atoms with E-state index >= 15 is 0 Å². The van der Waals surface area contributed by atoms with E-state index in [0.717, 1.165) is 29.1 Å². The predicted octanol–water partition coefficient (Wildman–Crippen LogP) is 3.41. The SMILES string of the molecule is CCNc1cc(N(C)Cc2ccc(Cl)s2)nc(COC)n1. The largest absolute Gasteiger partial charge is 0.377 e. The van der Waals surface area contributed by atoms with Crippen LogP contribution in [0.2, 0.25) is 4.34 Å². The van der Waals surface area contributed by atoms with E-state index in [4.69, 9.17) is 16.3 Å². The number of anilines is 2. The summed E-state index contributed by atoms with van der Waals surface area (Å²) in [6, 6.07) is 5.89. The first-order valence-electron chi connectivity index (χ1n) is 6.68. The van der Waals surface area contributed by atoms with Crippen molar-refractivity contribution in [3.63, 3.8) is 0 Å². The van der Waals surface area contributed by atoms with Crippen molar-refractivity contribution < 1.29 is 4.74 Å². The Morgan fingerprint density at radius 2 is 2.19 bits per heavy atom. The van der Waals surface area contributed by atoms with E-state index < -0.39 is 0 Å². The van der Waals surface area contributed by atoms with Crippen molar-refractivity contribution in [3.05, 3.63) is 33.2 Å². The van der Waals surface area contributed by atoms with Gasteiger partial charge in [0.25, 0.3) is 0 Å². The number of nitrogens with zero attached hydrogens (tertiary/aromatic N) is 3. The van der Waals surface area contributed by atoms with E-state index in [0.29, 0.717) is 12.4 Å². The summed E-state index contributed by atoms with van der Waals surface area (Å²) in [7, 11) is 3.64. The lowest BCUT2D eigenvalue weighted by Crippen LogP contribution is -2.19. The van der Waals surface area contributed by atoms with E-state index in [1.807, 2.05) is 32.2 Å². The van der Waals surface area contributed by atoms with Crippen LogP contribution in [0.1, 0.15) is 17.6 Å². The zero-order valence-corrected chi connectivity index (χ0v) is 14.0. The fourth-order valence-corrected chi connectivity index (χ4v) is 3.04. The van der Waals surface area contributed by atoms with E-state index in [1.54, 1.807) is 18.4 Å². The fraction of sp³-hybridized carbons (Fsp3) is 0.429. The molecule has 2 aromatic rings. The highest BCUT2D eigenvalue weighted by Crippen LogP contribution is 2.24. The molecule has 0 aliphatic heterocycles. The van der Waals surface area contributed by atoms with E-state index in [2.05, 4.69) is 20.2 Å². The van der Waals surface area contributed by atoms with E-state index in [9.17, 15) is 0 Å². The zero-order valence-electron chi connectivity index (χ0n) is 12.4. The average Bonchev–Trinajstić information content (AvgIpc) is 2.84. The third kappa shape index (κ3) is 4.56. The Morgan fingerprint density at radius 3 is 2.81 bits per heavy atom. The molecule has 114 valence electrons. The molecule has 2 aromatic heterocycles. The number of halogens is 1. The minimum absolute atomic E-state index is 0.394. The number of thiophene rings is 1. The number of rotatable bonds is 7. The van der Waals surface area contributed by atoms with Gasteiger partial charge in [-0.2, -0.15) is 0 Å². The first kappa shape index (κ1) is 16.0. The predicted molar refractivity (Wildman–Crippen MR) is 88.3 cm³/mol. The van der Waals surface area contributed by atoms with Crippen LogP contribution < -0.4 is 10.2 Å². The molecule has 0 amide bonds. The molecule has 7 heteroatoms. The van der Waals surface area contributed by atoms with Crippen LogP contribution in [0.25, 0.3) is 0 Å². The van der Waals surface area contributed by atoms with E-state index in [-0.39, 0.29) is 0 Å². The molecule has 21 heavy (non-hydrogen) atoms. The van der Waals surface area contributed by atoms with Crippen molar-refractivity contribution in [3.8, 4) is 0 Å². The van der Waals surface area contributed by atoms with Gasteiger partial charge in [0.1, 0.15) is 18.2 Å². The first-order chi connectivity index (χ1) is 10.1. The Kier molecular flexibility index (Phi) is 5.78. The van der Waals surface area contributed by atoms with Gasteiger partial charge in [0, 0.05) is 31.6 Å². The lowest BCUT2D eigenvalue weighted by molar-refractivity contribution is 0.178. The summed E-state index contributed by atoms with van der Waals surface area (Å²) in [6.45, 7) is 4.00. The second kappa shape index (κ2) is 7.59. The molecule has 0 aliphatic carbocycles. The van der Waals surface area contributed by atoms with Gasteiger partial charge in [-0.3, -0.25) is 0 Å². The Hall–Kier alpha value is -1.37. The second-order valence-corrected chi connectivity index (χ2v) is 6.35. The van der Waals surface area contributed by atoms with Crippen LogP contribution in [-0.4, -0.2) is 30.7 Å². The molecule has 0 fully saturated rings. The molecule has 0 unspecified atom stereocenters. The molecule has 0 saturated carbocycles. The summed E-state index contributed by atoms with van der Waals surface area (Å²) < 4.78 is 5.93. The highest BCUT2D eigenvalue weighted by molar-refractivity contribution is 7.16. The maximum Gasteiger partial charge on any atom is 0.158 e. The molecule has 0 atom stereocenters. The van der Waals surface area contributed by atoms with Gasteiger partial charge in [-0.25, -0.2) is 9.97 Å². The van der Waals surface area contributed by atoms with Crippen LogP contribution in [0.5, 0.6) is 0 Å². The molecular weight excluding hydrogens is 308 g/mol. The summed E-state index contributed by atoms with van der Waals surface area (Å²) in [4.78, 5) is 12.2. The van der Waals surface area contributed by atoms with Crippen molar-refractivity contribution in [2.24, 2.45) is 0 Å². The van der Waals surface area contributed by atoms with Crippen molar-refractivity contribution in [1.29, 1.82) is 0 Å². The van der Waals surface area contributed by atoms with Gasteiger partial charge in [0.05, 0.1) is 10.9 Å². The van der Waals surface area contributed by atoms with Gasteiger partial charge in [-0.05, 0) is 19.1 Å². The van der Waals surface area contributed by atoms with Crippen molar-refractivity contribution >= 4 is 34.6 Å². The number of aromatic nitrogens is 2.